The zero-order valence-corrected chi connectivity index (χ0v) is 18.8. The molecule has 3 aromatic carbocycles. The van der Waals surface area contributed by atoms with Gasteiger partial charge < -0.3 is 0 Å². The summed E-state index contributed by atoms with van der Waals surface area (Å²) in [4.78, 5) is 14.2. The number of rotatable bonds is 0. The van der Waals surface area contributed by atoms with E-state index in [4.69, 9.17) is 9.97 Å². The van der Waals surface area contributed by atoms with Gasteiger partial charge in [-0.05, 0) is 75.5 Å². The highest BCUT2D eigenvalue weighted by molar-refractivity contribution is 6.20. The van der Waals surface area contributed by atoms with Gasteiger partial charge in [0.2, 0.25) is 0 Å². The Bertz CT molecular complexity index is 2070. The van der Waals surface area contributed by atoms with E-state index in [0.717, 1.165) is 40.6 Å². The summed E-state index contributed by atoms with van der Waals surface area (Å²) in [5.41, 5.74) is 15.1. The number of imidazole rings is 1. The molecular weight excluding hydrogens is 428 g/mol. The molecule has 0 fully saturated rings. The van der Waals surface area contributed by atoms with Gasteiger partial charge in [-0.3, -0.25) is 9.38 Å². The van der Waals surface area contributed by atoms with Gasteiger partial charge in [0, 0.05) is 28.6 Å². The molecule has 35 heavy (non-hydrogen) atoms. The van der Waals surface area contributed by atoms with Gasteiger partial charge in [-0.1, -0.05) is 48.5 Å². The van der Waals surface area contributed by atoms with Crippen LogP contribution >= 0.6 is 0 Å². The van der Waals surface area contributed by atoms with Gasteiger partial charge in [-0.2, -0.15) is 0 Å². The van der Waals surface area contributed by atoms with Crippen LogP contribution < -0.4 is 0 Å². The molecule has 0 saturated carbocycles. The molecule has 0 aliphatic heterocycles. The lowest BCUT2D eigenvalue weighted by Gasteiger charge is -2.13. The van der Waals surface area contributed by atoms with E-state index >= 15 is 0 Å². The van der Waals surface area contributed by atoms with Crippen molar-refractivity contribution >= 4 is 38.5 Å². The van der Waals surface area contributed by atoms with E-state index in [1.807, 2.05) is 30.7 Å². The Hall–Kier alpha value is -4.57. The zero-order chi connectivity index (χ0) is 22.7. The van der Waals surface area contributed by atoms with Crippen molar-refractivity contribution < 1.29 is 0 Å². The Labute approximate surface area is 200 Å². The summed E-state index contributed by atoms with van der Waals surface area (Å²) in [5, 5.41) is 3.59. The molecule has 4 heteroatoms. The number of aromatic nitrogens is 4. The van der Waals surface area contributed by atoms with Crippen LogP contribution in [0.25, 0.3) is 60.7 Å². The van der Waals surface area contributed by atoms with Crippen LogP contribution in [-0.4, -0.2) is 19.4 Å². The van der Waals surface area contributed by atoms with E-state index < -0.39 is 0 Å². The van der Waals surface area contributed by atoms with Gasteiger partial charge in [-0.15, -0.1) is 0 Å². The first-order valence-electron chi connectivity index (χ1n) is 12.0. The molecule has 0 spiro atoms. The summed E-state index contributed by atoms with van der Waals surface area (Å²) in [6, 6.07) is 24.4. The average Bonchev–Trinajstić information content (AvgIpc) is 3.59. The number of hydrogen-bond acceptors (Lipinski definition) is 3. The van der Waals surface area contributed by atoms with Crippen molar-refractivity contribution in [3.8, 4) is 22.3 Å². The monoisotopic (exact) mass is 446 g/mol. The van der Waals surface area contributed by atoms with Crippen molar-refractivity contribution in [3.63, 3.8) is 0 Å². The Morgan fingerprint density at radius 1 is 0.657 bits per heavy atom. The predicted molar refractivity (Wildman–Crippen MR) is 140 cm³/mol. The third-order valence-corrected chi connectivity index (χ3v) is 8.00. The smallest absolute Gasteiger partial charge is 0.147 e. The van der Waals surface area contributed by atoms with Crippen LogP contribution in [0.2, 0.25) is 0 Å². The molecule has 9 rings (SSSR count). The quantitative estimate of drug-likeness (QED) is 0.243. The van der Waals surface area contributed by atoms with Crippen molar-refractivity contribution in [2.75, 3.05) is 0 Å². The largest absolute Gasteiger partial charge is 0.276 e. The molecular formula is C31H18N4. The van der Waals surface area contributed by atoms with Crippen molar-refractivity contribution in [2.24, 2.45) is 0 Å². The second kappa shape index (κ2) is 6.10. The molecule has 2 aliphatic rings. The van der Waals surface area contributed by atoms with Crippen LogP contribution in [0, 0.1) is 0 Å². The van der Waals surface area contributed by atoms with Crippen molar-refractivity contribution in [2.45, 2.75) is 12.8 Å². The van der Waals surface area contributed by atoms with E-state index in [1.165, 1.54) is 55.3 Å². The van der Waals surface area contributed by atoms with Gasteiger partial charge in [0.05, 0.1) is 11.7 Å². The first-order chi connectivity index (χ1) is 17.4. The van der Waals surface area contributed by atoms with Crippen LogP contribution in [0.4, 0.5) is 0 Å². The minimum atomic E-state index is 0.892. The predicted octanol–water partition coefficient (Wildman–Crippen LogP) is 6.73. The highest BCUT2D eigenvalue weighted by atomic mass is 15.1. The molecule has 0 N–H and O–H groups in total. The minimum Gasteiger partial charge on any atom is -0.276 e. The number of hydrogen-bond donors (Lipinski definition) is 0. The van der Waals surface area contributed by atoms with Crippen molar-refractivity contribution in [3.05, 3.63) is 108 Å². The fraction of sp³-hybridized carbons (Fsp3) is 0.0645. The molecule has 162 valence electrons. The van der Waals surface area contributed by atoms with Crippen LogP contribution in [0.5, 0.6) is 0 Å². The average molecular weight is 447 g/mol. The first-order valence-corrected chi connectivity index (χ1v) is 12.0. The summed E-state index contributed by atoms with van der Waals surface area (Å²) in [6.45, 7) is 0. The Morgan fingerprint density at radius 2 is 1.51 bits per heavy atom. The molecule has 4 aromatic heterocycles. The summed E-state index contributed by atoms with van der Waals surface area (Å²) in [7, 11) is 0. The SMILES string of the molecule is c1ccc2c(c1)Cc1c-2ccc2c1Cc1ccc3c(c1-2)c1cccnc1n1c2ccncc2nc31. The maximum atomic E-state index is 5.02. The van der Waals surface area contributed by atoms with E-state index in [0.29, 0.717) is 0 Å². The minimum absolute atomic E-state index is 0.892. The second-order valence-corrected chi connectivity index (χ2v) is 9.66. The van der Waals surface area contributed by atoms with Crippen LogP contribution in [0.15, 0.2) is 85.3 Å². The molecule has 0 bridgehead atoms. The second-order valence-electron chi connectivity index (χ2n) is 9.66. The van der Waals surface area contributed by atoms with Crippen molar-refractivity contribution in [1.29, 1.82) is 0 Å². The number of nitrogens with zero attached hydrogens (tertiary/aromatic N) is 4. The number of fused-ring (bicyclic) bond motifs is 16. The highest BCUT2D eigenvalue weighted by Crippen LogP contribution is 2.49. The standard InChI is InChI=1S/C31H18N4/c1-2-5-19-17(4-1)14-24-20(19)9-10-21-25(24)15-18-7-8-23-29(28(18)21)22-6-3-12-33-30(22)35-27-11-13-32-16-26(27)34-31(23)35/h1-13,16H,14-15H2. The highest BCUT2D eigenvalue weighted by Gasteiger charge is 2.30. The summed E-state index contributed by atoms with van der Waals surface area (Å²) < 4.78 is 2.19. The molecule has 2 aliphatic carbocycles. The number of pyridine rings is 3. The van der Waals surface area contributed by atoms with Crippen molar-refractivity contribution in [1.82, 2.24) is 19.4 Å². The lowest BCUT2D eigenvalue weighted by atomic mass is 9.94. The normalized spacial score (nSPS) is 13.5. The van der Waals surface area contributed by atoms with Gasteiger partial charge in [-0.25, -0.2) is 9.97 Å². The van der Waals surface area contributed by atoms with E-state index in [2.05, 4.69) is 64.0 Å². The van der Waals surface area contributed by atoms with Crippen LogP contribution in [0.1, 0.15) is 22.3 Å². The van der Waals surface area contributed by atoms with E-state index in [1.54, 1.807) is 0 Å². The number of benzene rings is 3. The van der Waals surface area contributed by atoms with Gasteiger partial charge >= 0.3 is 0 Å². The molecule has 4 nitrogen and oxygen atoms in total. The topological polar surface area (TPSA) is 43.1 Å². The molecule has 0 atom stereocenters. The third kappa shape index (κ3) is 2.11. The van der Waals surface area contributed by atoms with Crippen LogP contribution in [0.3, 0.4) is 0 Å². The van der Waals surface area contributed by atoms with Gasteiger partial charge in [0.1, 0.15) is 16.8 Å². The summed E-state index contributed by atoms with van der Waals surface area (Å²) in [5.74, 6) is 0. The molecule has 0 unspecified atom stereocenters. The first kappa shape index (κ1) is 17.8. The maximum Gasteiger partial charge on any atom is 0.147 e. The zero-order valence-electron chi connectivity index (χ0n) is 18.8. The third-order valence-electron chi connectivity index (χ3n) is 8.00. The van der Waals surface area contributed by atoms with Crippen LogP contribution in [-0.2, 0) is 12.8 Å². The molecule has 0 saturated heterocycles. The fourth-order valence-corrected chi connectivity index (χ4v) is 6.57. The molecule has 4 heterocycles. The maximum absolute atomic E-state index is 5.02. The lowest BCUT2D eigenvalue weighted by molar-refractivity contribution is 1.16. The molecule has 0 amide bonds. The van der Waals surface area contributed by atoms with E-state index in [9.17, 15) is 0 Å². The summed E-state index contributed by atoms with van der Waals surface area (Å²) in [6.07, 6.45) is 7.54. The Kier molecular flexibility index (Phi) is 3.11. The lowest BCUT2D eigenvalue weighted by Crippen LogP contribution is -1.95. The molecule has 0 radical (unpaired) electrons. The van der Waals surface area contributed by atoms with Gasteiger partial charge in [0.25, 0.3) is 0 Å². The van der Waals surface area contributed by atoms with E-state index in [-0.39, 0.29) is 0 Å². The van der Waals surface area contributed by atoms with Gasteiger partial charge in [0.15, 0.2) is 0 Å². The Morgan fingerprint density at radius 3 is 2.51 bits per heavy atom. The molecule has 7 aromatic rings. The Balaban J connectivity index is 1.44. The summed E-state index contributed by atoms with van der Waals surface area (Å²) >= 11 is 0. The fourth-order valence-electron chi connectivity index (χ4n) is 6.57.